The lowest BCUT2D eigenvalue weighted by Gasteiger charge is -2.20. The van der Waals surface area contributed by atoms with E-state index in [1.165, 1.54) is 4.90 Å². The minimum Gasteiger partial charge on any atom is -0.366 e. The summed E-state index contributed by atoms with van der Waals surface area (Å²) in [6.45, 7) is -4.86. The Morgan fingerprint density at radius 2 is 2.26 bits per heavy atom. The Labute approximate surface area is 124 Å². The molecule has 4 nitrogen and oxygen atoms in total. The fourth-order valence-electron chi connectivity index (χ4n) is 1.63. The first-order valence-electron chi connectivity index (χ1n) is 9.35. The van der Waals surface area contributed by atoms with Crippen LogP contribution in [0.5, 0.6) is 0 Å². The summed E-state index contributed by atoms with van der Waals surface area (Å²) in [5, 5.41) is 3.66. The molecule has 1 unspecified atom stereocenters. The number of rotatable bonds is 6. The molecule has 0 saturated carbocycles. The van der Waals surface area contributed by atoms with E-state index in [4.69, 9.17) is 14.3 Å². The van der Waals surface area contributed by atoms with E-state index in [0.717, 1.165) is 0 Å². The van der Waals surface area contributed by atoms with Crippen LogP contribution in [0.2, 0.25) is 0 Å². The number of nitrogens with zero attached hydrogens (tertiary/aromatic N) is 3. The lowest BCUT2D eigenvalue weighted by atomic mass is 10.1. The van der Waals surface area contributed by atoms with Crippen molar-refractivity contribution in [3.63, 3.8) is 0 Å². The van der Waals surface area contributed by atoms with E-state index in [1.54, 1.807) is 44.4 Å². The lowest BCUT2D eigenvalue weighted by molar-refractivity contribution is 0.0638. The molecule has 1 atom stereocenters. The number of hydrogen-bond donors (Lipinski definition) is 0. The molecule has 1 aromatic heterocycles. The molecule has 2 aromatic rings. The van der Waals surface area contributed by atoms with Gasteiger partial charge in [-0.05, 0) is 25.7 Å². The highest BCUT2D eigenvalue weighted by Crippen LogP contribution is 2.25. The topological polar surface area (TPSA) is 30.3 Å². The van der Waals surface area contributed by atoms with Crippen LogP contribution in [0.1, 0.15) is 27.0 Å². The molecule has 0 radical (unpaired) electrons. The molecule has 0 aliphatic carbocycles. The number of benzene rings is 1. The molecule has 0 N–H and O–H groups in total. The van der Waals surface area contributed by atoms with Gasteiger partial charge in [-0.3, -0.25) is 4.68 Å². The van der Waals surface area contributed by atoms with Crippen LogP contribution in [-0.4, -0.2) is 41.9 Å². The van der Waals surface area contributed by atoms with Gasteiger partial charge in [-0.15, -0.1) is 0 Å². The van der Waals surface area contributed by atoms with Crippen molar-refractivity contribution < 1.29 is 14.3 Å². The zero-order valence-electron chi connectivity index (χ0n) is 17.9. The Morgan fingerprint density at radius 1 is 1.47 bits per heavy atom. The predicted molar refractivity (Wildman–Crippen MR) is 76.0 cm³/mol. The van der Waals surface area contributed by atoms with Crippen LogP contribution in [0, 0.1) is 0 Å². The van der Waals surface area contributed by atoms with Gasteiger partial charge in [-0.2, -0.15) is 5.10 Å². The molecule has 1 heterocycles. The number of hydrogen-bond acceptors (Lipinski definition) is 3. The second kappa shape index (κ2) is 6.50. The minimum atomic E-state index is -2.69. The monoisotopic (exact) mass is 266 g/mol. The number of aryl methyl sites for hydroxylation is 1. The summed E-state index contributed by atoms with van der Waals surface area (Å²) in [5.74, 6) is 0. The van der Waals surface area contributed by atoms with Crippen LogP contribution in [-0.2, 0) is 11.7 Å². The molecule has 0 spiro atoms. The van der Waals surface area contributed by atoms with Crippen LogP contribution in [0.4, 0.5) is 0 Å². The van der Waals surface area contributed by atoms with Crippen molar-refractivity contribution in [2.45, 2.75) is 6.10 Å². The zero-order valence-corrected chi connectivity index (χ0v) is 10.9. The van der Waals surface area contributed by atoms with Crippen molar-refractivity contribution in [3.05, 3.63) is 53.8 Å². The molecule has 0 aliphatic heterocycles. The van der Waals surface area contributed by atoms with Crippen LogP contribution in [0.3, 0.4) is 0 Å². The van der Waals surface area contributed by atoms with Crippen molar-refractivity contribution in [1.82, 2.24) is 14.7 Å². The largest absolute Gasteiger partial charge is 0.366 e. The van der Waals surface area contributed by atoms with Crippen LogP contribution in [0.25, 0.3) is 0 Å². The number of ether oxygens (including phenoxy) is 1. The molecule has 0 fully saturated rings. The van der Waals surface area contributed by atoms with Gasteiger partial charge < -0.3 is 9.64 Å². The molecule has 2 rings (SSSR count). The van der Waals surface area contributed by atoms with Crippen molar-refractivity contribution in [3.8, 4) is 0 Å². The van der Waals surface area contributed by atoms with E-state index in [9.17, 15) is 0 Å². The average Bonchev–Trinajstić information content (AvgIpc) is 2.85. The maximum atomic E-state index is 8.09. The zero-order chi connectivity index (χ0) is 19.7. The highest BCUT2D eigenvalue weighted by Gasteiger charge is 2.17. The van der Waals surface area contributed by atoms with Gasteiger partial charge in [-0.25, -0.2) is 0 Å². The quantitative estimate of drug-likeness (QED) is 0.802. The standard InChI is InChI=1S/C15H21N3O/c1-17(2)11-12-19-15(13-7-5-4-6-8-13)14-9-10-16-18(14)3/h4-10,15H,11-12H2,1-3H3/i3D3,9D,10D,11D2. The fourth-order valence-corrected chi connectivity index (χ4v) is 1.63. The van der Waals surface area contributed by atoms with E-state index in [-0.39, 0.29) is 18.3 Å². The van der Waals surface area contributed by atoms with E-state index < -0.39 is 25.7 Å². The Morgan fingerprint density at radius 3 is 2.95 bits per heavy atom. The maximum absolute atomic E-state index is 8.09. The number of likely N-dealkylation sites (N-methyl/N-ethyl adjacent to an activating group) is 1. The molecule has 1 aromatic carbocycles. The molecular formula is C15H21N3O. The molecule has 0 bridgehead atoms. The summed E-state index contributed by atoms with van der Waals surface area (Å²) in [6.07, 6.45) is -1.53. The number of aromatic nitrogens is 2. The van der Waals surface area contributed by atoms with Gasteiger partial charge in [0, 0.05) is 26.5 Å². The van der Waals surface area contributed by atoms with E-state index in [0.29, 0.717) is 10.2 Å². The maximum Gasteiger partial charge on any atom is 0.124 e. The third kappa shape index (κ3) is 3.66. The normalized spacial score (nSPS) is 19.6. The van der Waals surface area contributed by atoms with Gasteiger partial charge in [0.1, 0.15) is 6.10 Å². The van der Waals surface area contributed by atoms with Crippen molar-refractivity contribution in [2.24, 2.45) is 6.98 Å². The Bertz CT molecular complexity index is 744. The average molecular weight is 266 g/mol. The molecular weight excluding hydrogens is 238 g/mol. The molecule has 0 saturated heterocycles. The predicted octanol–water partition coefficient (Wildman–Crippen LogP) is 2.09. The summed E-state index contributed by atoms with van der Waals surface area (Å²) in [4.78, 5) is 1.34. The van der Waals surface area contributed by atoms with Gasteiger partial charge in [0.25, 0.3) is 0 Å². The molecule has 0 amide bonds. The molecule has 102 valence electrons. The first kappa shape index (κ1) is 7.22. The highest BCUT2D eigenvalue weighted by molar-refractivity contribution is 5.25. The Hall–Kier alpha value is -1.65. The van der Waals surface area contributed by atoms with Gasteiger partial charge in [0.05, 0.1) is 15.0 Å². The summed E-state index contributed by atoms with van der Waals surface area (Å²) in [6, 6.07) is 8.26. The molecule has 0 aliphatic rings. The van der Waals surface area contributed by atoms with Crippen molar-refractivity contribution >= 4 is 0 Å². The van der Waals surface area contributed by atoms with Gasteiger partial charge in [0.15, 0.2) is 0 Å². The lowest BCUT2D eigenvalue weighted by Crippen LogP contribution is -2.20. The SMILES string of the molecule is [2H]c1nn(C([2H])([2H])[2H])c(C(OCC([2H])([2H])N(C)C)c2ccccc2)c1[2H]. The fraction of sp³-hybridized carbons (Fsp3) is 0.400. The van der Waals surface area contributed by atoms with Gasteiger partial charge in [0.2, 0.25) is 0 Å². The van der Waals surface area contributed by atoms with Crippen LogP contribution < -0.4 is 0 Å². The molecule has 19 heavy (non-hydrogen) atoms. The van der Waals surface area contributed by atoms with Crippen LogP contribution in [0.15, 0.2) is 42.5 Å². The smallest absolute Gasteiger partial charge is 0.124 e. The van der Waals surface area contributed by atoms with Crippen LogP contribution >= 0.6 is 0 Å². The van der Waals surface area contributed by atoms with Crippen molar-refractivity contribution in [2.75, 3.05) is 27.2 Å². The van der Waals surface area contributed by atoms with E-state index >= 15 is 0 Å². The second-order valence-electron chi connectivity index (χ2n) is 4.19. The molecule has 4 heteroatoms. The Balaban J connectivity index is 2.53. The summed E-state index contributed by atoms with van der Waals surface area (Å²) >= 11 is 0. The third-order valence-corrected chi connectivity index (χ3v) is 2.54. The summed E-state index contributed by atoms with van der Waals surface area (Å²) in [5.41, 5.74) is 0.441. The first-order valence-corrected chi connectivity index (χ1v) is 5.85. The third-order valence-electron chi connectivity index (χ3n) is 2.54. The van der Waals surface area contributed by atoms with E-state index in [1.807, 2.05) is 0 Å². The van der Waals surface area contributed by atoms with Gasteiger partial charge >= 0.3 is 0 Å². The first-order chi connectivity index (χ1) is 11.9. The second-order valence-corrected chi connectivity index (χ2v) is 4.19. The summed E-state index contributed by atoms with van der Waals surface area (Å²) < 4.78 is 61.1. The van der Waals surface area contributed by atoms with E-state index in [2.05, 4.69) is 5.10 Å². The Kier molecular flexibility index (Phi) is 2.47. The summed E-state index contributed by atoms with van der Waals surface area (Å²) in [7, 11) is 3.12. The van der Waals surface area contributed by atoms with Crippen molar-refractivity contribution in [1.29, 1.82) is 0 Å². The highest BCUT2D eigenvalue weighted by atomic mass is 16.5. The minimum absolute atomic E-state index is 0.101. The van der Waals surface area contributed by atoms with Gasteiger partial charge in [-0.1, -0.05) is 30.3 Å².